The number of amides is 1. The number of carbonyl (C=O) groups is 1. The Bertz CT molecular complexity index is 295. The van der Waals surface area contributed by atoms with Crippen LogP contribution in [-0.2, 0) is 4.79 Å². The zero-order valence-electron chi connectivity index (χ0n) is 12.2. The van der Waals surface area contributed by atoms with Crippen molar-refractivity contribution < 1.29 is 4.79 Å². The number of hydrogen-bond donors (Lipinski definition) is 1. The van der Waals surface area contributed by atoms with Crippen LogP contribution in [0.4, 0.5) is 0 Å². The molecule has 2 fully saturated rings. The smallest absolute Gasteiger partial charge is 0.240 e. The topological polar surface area (TPSA) is 32.3 Å². The van der Waals surface area contributed by atoms with Crippen LogP contribution in [0.1, 0.15) is 59.3 Å². The molecule has 3 nitrogen and oxygen atoms in total. The van der Waals surface area contributed by atoms with Crippen LogP contribution in [0.3, 0.4) is 0 Å². The Labute approximate surface area is 111 Å². The summed E-state index contributed by atoms with van der Waals surface area (Å²) >= 11 is 0. The lowest BCUT2D eigenvalue weighted by Crippen LogP contribution is -2.38. The van der Waals surface area contributed by atoms with Gasteiger partial charge in [0.1, 0.15) is 0 Å². The summed E-state index contributed by atoms with van der Waals surface area (Å²) in [5.74, 6) is 0.918. The SMILES string of the molecule is CCC1(CN2CNC(CC(C)C)C2=O)CCCC1. The van der Waals surface area contributed by atoms with Crippen LogP contribution >= 0.6 is 0 Å². The number of carbonyl (C=O) groups excluding carboxylic acids is 1. The summed E-state index contributed by atoms with van der Waals surface area (Å²) in [5.41, 5.74) is 0.421. The van der Waals surface area contributed by atoms with Crippen molar-refractivity contribution in [1.29, 1.82) is 0 Å². The molecule has 0 spiro atoms. The molecule has 1 heterocycles. The molecule has 18 heavy (non-hydrogen) atoms. The molecule has 0 aromatic carbocycles. The minimum atomic E-state index is 0.0697. The van der Waals surface area contributed by atoms with Crippen LogP contribution in [0.25, 0.3) is 0 Å². The van der Waals surface area contributed by atoms with Gasteiger partial charge in [-0.1, -0.05) is 33.6 Å². The molecule has 1 atom stereocenters. The summed E-state index contributed by atoms with van der Waals surface area (Å²) in [7, 11) is 0. The van der Waals surface area contributed by atoms with Gasteiger partial charge in [-0.2, -0.15) is 0 Å². The first kappa shape index (κ1) is 13.9. The Balaban J connectivity index is 1.93. The highest BCUT2D eigenvalue weighted by atomic mass is 16.2. The standard InChI is InChI=1S/C15H28N2O/c1-4-15(7-5-6-8-15)10-17-11-16-13(14(17)18)9-12(2)3/h12-13,16H,4-11H2,1-3H3. The second-order valence-corrected chi connectivity index (χ2v) is 6.64. The molecule has 0 radical (unpaired) electrons. The van der Waals surface area contributed by atoms with Crippen LogP contribution in [0.5, 0.6) is 0 Å². The Morgan fingerprint density at radius 2 is 2.06 bits per heavy atom. The highest BCUT2D eigenvalue weighted by Crippen LogP contribution is 2.41. The predicted octanol–water partition coefficient (Wildman–Crippen LogP) is 2.76. The number of nitrogens with zero attached hydrogens (tertiary/aromatic N) is 1. The van der Waals surface area contributed by atoms with Crippen molar-refractivity contribution >= 4 is 5.91 Å². The van der Waals surface area contributed by atoms with Crippen molar-refractivity contribution in [2.75, 3.05) is 13.2 Å². The Hall–Kier alpha value is -0.570. The van der Waals surface area contributed by atoms with Crippen molar-refractivity contribution in [1.82, 2.24) is 10.2 Å². The van der Waals surface area contributed by atoms with Gasteiger partial charge < -0.3 is 4.90 Å². The van der Waals surface area contributed by atoms with E-state index in [2.05, 4.69) is 31.0 Å². The van der Waals surface area contributed by atoms with Gasteiger partial charge in [0, 0.05) is 6.54 Å². The number of rotatable bonds is 5. The summed E-state index contributed by atoms with van der Waals surface area (Å²) < 4.78 is 0. The highest BCUT2D eigenvalue weighted by Gasteiger charge is 2.39. The molecule has 1 saturated heterocycles. The van der Waals surface area contributed by atoms with E-state index in [4.69, 9.17) is 0 Å². The van der Waals surface area contributed by atoms with Gasteiger partial charge in [-0.05, 0) is 37.0 Å². The van der Waals surface area contributed by atoms with E-state index in [1.165, 1.54) is 32.1 Å². The molecular formula is C15H28N2O. The average Bonchev–Trinajstić information content (AvgIpc) is 2.91. The van der Waals surface area contributed by atoms with Gasteiger partial charge in [-0.15, -0.1) is 0 Å². The van der Waals surface area contributed by atoms with E-state index in [0.29, 0.717) is 17.2 Å². The molecule has 1 saturated carbocycles. The first-order chi connectivity index (χ1) is 8.56. The fourth-order valence-electron chi connectivity index (χ4n) is 3.55. The minimum absolute atomic E-state index is 0.0697. The van der Waals surface area contributed by atoms with Gasteiger partial charge in [0.05, 0.1) is 12.7 Å². The van der Waals surface area contributed by atoms with Crippen molar-refractivity contribution in [2.45, 2.75) is 65.3 Å². The van der Waals surface area contributed by atoms with Gasteiger partial charge >= 0.3 is 0 Å². The van der Waals surface area contributed by atoms with Crippen molar-refractivity contribution in [3.05, 3.63) is 0 Å². The van der Waals surface area contributed by atoms with Crippen molar-refractivity contribution in [3.8, 4) is 0 Å². The zero-order valence-corrected chi connectivity index (χ0v) is 12.2. The normalized spacial score (nSPS) is 27.4. The highest BCUT2D eigenvalue weighted by molar-refractivity contribution is 5.83. The lowest BCUT2D eigenvalue weighted by Gasteiger charge is -2.32. The van der Waals surface area contributed by atoms with Crippen LogP contribution in [0.2, 0.25) is 0 Å². The summed E-state index contributed by atoms with van der Waals surface area (Å²) in [4.78, 5) is 14.4. The molecule has 0 aromatic heterocycles. The molecule has 1 aliphatic carbocycles. The molecule has 1 amide bonds. The van der Waals surface area contributed by atoms with Crippen molar-refractivity contribution in [2.24, 2.45) is 11.3 Å². The maximum absolute atomic E-state index is 12.4. The third kappa shape index (κ3) is 2.87. The van der Waals surface area contributed by atoms with E-state index in [1.807, 2.05) is 0 Å². The molecule has 0 bridgehead atoms. The summed E-state index contributed by atoms with van der Waals surface area (Å²) in [6.45, 7) is 8.39. The molecule has 0 aromatic rings. The summed E-state index contributed by atoms with van der Waals surface area (Å²) in [6.07, 6.45) is 7.49. The second kappa shape index (κ2) is 5.60. The van der Waals surface area contributed by atoms with Crippen LogP contribution in [0.15, 0.2) is 0 Å². The molecule has 3 heteroatoms. The largest absolute Gasteiger partial charge is 0.328 e. The van der Waals surface area contributed by atoms with E-state index in [0.717, 1.165) is 19.6 Å². The number of nitrogens with one attached hydrogen (secondary N) is 1. The monoisotopic (exact) mass is 252 g/mol. The van der Waals surface area contributed by atoms with E-state index in [9.17, 15) is 4.79 Å². The second-order valence-electron chi connectivity index (χ2n) is 6.64. The van der Waals surface area contributed by atoms with Gasteiger partial charge in [-0.3, -0.25) is 10.1 Å². The van der Waals surface area contributed by atoms with E-state index >= 15 is 0 Å². The Morgan fingerprint density at radius 3 is 2.61 bits per heavy atom. The molecule has 1 N–H and O–H groups in total. The number of hydrogen-bond acceptors (Lipinski definition) is 2. The summed E-state index contributed by atoms with van der Waals surface area (Å²) in [6, 6.07) is 0.0697. The quantitative estimate of drug-likeness (QED) is 0.816. The maximum Gasteiger partial charge on any atom is 0.240 e. The fourth-order valence-corrected chi connectivity index (χ4v) is 3.55. The molecular weight excluding hydrogens is 224 g/mol. The van der Waals surface area contributed by atoms with Crippen LogP contribution in [0, 0.1) is 11.3 Å². The zero-order chi connectivity index (χ0) is 13.2. The van der Waals surface area contributed by atoms with Crippen LogP contribution in [-0.4, -0.2) is 30.1 Å². The van der Waals surface area contributed by atoms with E-state index in [1.54, 1.807) is 0 Å². The Morgan fingerprint density at radius 1 is 1.39 bits per heavy atom. The lowest BCUT2D eigenvalue weighted by molar-refractivity contribution is -0.130. The van der Waals surface area contributed by atoms with Crippen molar-refractivity contribution in [3.63, 3.8) is 0 Å². The predicted molar refractivity (Wildman–Crippen MR) is 74.2 cm³/mol. The Kier molecular flexibility index (Phi) is 4.31. The molecule has 1 unspecified atom stereocenters. The van der Waals surface area contributed by atoms with Gasteiger partial charge in [0.15, 0.2) is 0 Å². The molecule has 2 aliphatic rings. The minimum Gasteiger partial charge on any atom is -0.328 e. The van der Waals surface area contributed by atoms with Gasteiger partial charge in [0.2, 0.25) is 5.91 Å². The van der Waals surface area contributed by atoms with Crippen LogP contribution < -0.4 is 5.32 Å². The van der Waals surface area contributed by atoms with E-state index in [-0.39, 0.29) is 6.04 Å². The fraction of sp³-hybridized carbons (Fsp3) is 0.933. The first-order valence-electron chi connectivity index (χ1n) is 7.58. The summed E-state index contributed by atoms with van der Waals surface area (Å²) in [5, 5.41) is 3.38. The third-order valence-electron chi connectivity index (χ3n) is 4.79. The molecule has 104 valence electrons. The lowest BCUT2D eigenvalue weighted by atomic mass is 9.83. The average molecular weight is 252 g/mol. The maximum atomic E-state index is 12.4. The molecule has 1 aliphatic heterocycles. The van der Waals surface area contributed by atoms with E-state index < -0.39 is 0 Å². The first-order valence-corrected chi connectivity index (χ1v) is 7.58. The third-order valence-corrected chi connectivity index (χ3v) is 4.79. The van der Waals surface area contributed by atoms with Gasteiger partial charge in [0.25, 0.3) is 0 Å². The molecule has 2 rings (SSSR count). The van der Waals surface area contributed by atoms with Gasteiger partial charge in [-0.25, -0.2) is 0 Å².